The molecule has 0 spiro atoms. The van der Waals surface area contributed by atoms with Crippen LogP contribution in [0.3, 0.4) is 0 Å². The zero-order chi connectivity index (χ0) is 12.4. The van der Waals surface area contributed by atoms with Gasteiger partial charge in [-0.1, -0.05) is 12.1 Å². The van der Waals surface area contributed by atoms with Crippen LogP contribution in [0.15, 0.2) is 18.2 Å². The van der Waals surface area contributed by atoms with E-state index in [0.29, 0.717) is 0 Å². The molecule has 2 aliphatic rings. The molecule has 1 aromatic rings. The third-order valence-electron chi connectivity index (χ3n) is 4.34. The molecule has 1 fully saturated rings. The van der Waals surface area contributed by atoms with Crippen molar-refractivity contribution in [2.45, 2.75) is 25.2 Å². The first-order valence-corrected chi connectivity index (χ1v) is 7.16. The highest BCUT2D eigenvalue weighted by molar-refractivity contribution is 5.56. The van der Waals surface area contributed by atoms with Gasteiger partial charge in [-0.2, -0.15) is 0 Å². The Bertz CT molecular complexity index is 408. The van der Waals surface area contributed by atoms with Gasteiger partial charge in [0.1, 0.15) is 0 Å². The Balaban J connectivity index is 1.66. The molecule has 3 rings (SSSR count). The minimum Gasteiger partial charge on any atom is -0.384 e. The van der Waals surface area contributed by atoms with Gasteiger partial charge in [-0.25, -0.2) is 0 Å². The quantitative estimate of drug-likeness (QED) is 0.853. The summed E-state index contributed by atoms with van der Waals surface area (Å²) < 4.78 is 0. The second-order valence-electron chi connectivity index (χ2n) is 5.50. The molecule has 0 atom stereocenters. The van der Waals surface area contributed by atoms with Crippen LogP contribution in [0.5, 0.6) is 0 Å². The van der Waals surface area contributed by atoms with Crippen LogP contribution in [0, 0.1) is 0 Å². The van der Waals surface area contributed by atoms with Crippen molar-refractivity contribution in [3.8, 4) is 0 Å². The van der Waals surface area contributed by atoms with Crippen molar-refractivity contribution in [1.82, 2.24) is 4.90 Å². The number of hydrogen-bond donors (Lipinski definition) is 2. The van der Waals surface area contributed by atoms with Crippen molar-refractivity contribution in [3.63, 3.8) is 0 Å². The SMILES string of the molecule is NCCN1CCC(c2ccc3c(c2)CCN3)CC1. The maximum atomic E-state index is 5.62. The predicted molar refractivity (Wildman–Crippen MR) is 76.1 cm³/mol. The first-order valence-electron chi connectivity index (χ1n) is 7.16. The molecular weight excluding hydrogens is 222 g/mol. The van der Waals surface area contributed by atoms with E-state index in [2.05, 4.69) is 28.4 Å². The lowest BCUT2D eigenvalue weighted by molar-refractivity contribution is 0.218. The smallest absolute Gasteiger partial charge is 0.0373 e. The number of nitrogens with one attached hydrogen (secondary N) is 1. The summed E-state index contributed by atoms with van der Waals surface area (Å²) in [5.41, 5.74) is 10.0. The third-order valence-corrected chi connectivity index (χ3v) is 4.34. The molecule has 0 bridgehead atoms. The molecule has 1 saturated heterocycles. The summed E-state index contributed by atoms with van der Waals surface area (Å²) in [6.45, 7) is 5.36. The van der Waals surface area contributed by atoms with Crippen LogP contribution in [-0.4, -0.2) is 37.6 Å². The molecule has 2 aliphatic heterocycles. The van der Waals surface area contributed by atoms with Crippen LogP contribution in [0.1, 0.15) is 29.9 Å². The number of anilines is 1. The second kappa shape index (κ2) is 5.29. The van der Waals surface area contributed by atoms with E-state index in [4.69, 9.17) is 5.73 Å². The van der Waals surface area contributed by atoms with Gasteiger partial charge in [0.25, 0.3) is 0 Å². The van der Waals surface area contributed by atoms with E-state index in [1.165, 1.54) is 43.6 Å². The topological polar surface area (TPSA) is 41.3 Å². The number of nitrogens with two attached hydrogens (primary N) is 1. The van der Waals surface area contributed by atoms with E-state index in [1.54, 1.807) is 5.56 Å². The molecular formula is C15H23N3. The van der Waals surface area contributed by atoms with Gasteiger partial charge in [-0.3, -0.25) is 0 Å². The zero-order valence-electron chi connectivity index (χ0n) is 11.0. The average Bonchev–Trinajstić information content (AvgIpc) is 2.87. The van der Waals surface area contributed by atoms with E-state index < -0.39 is 0 Å². The summed E-state index contributed by atoms with van der Waals surface area (Å²) in [4.78, 5) is 2.49. The first-order chi connectivity index (χ1) is 8.86. The first kappa shape index (κ1) is 12.0. The van der Waals surface area contributed by atoms with Crippen molar-refractivity contribution in [1.29, 1.82) is 0 Å². The number of likely N-dealkylation sites (tertiary alicyclic amines) is 1. The number of piperidine rings is 1. The van der Waals surface area contributed by atoms with E-state index in [1.807, 2.05) is 0 Å². The molecule has 0 radical (unpaired) electrons. The lowest BCUT2D eigenvalue weighted by atomic mass is 9.88. The molecule has 0 aliphatic carbocycles. The van der Waals surface area contributed by atoms with Crippen LogP contribution >= 0.6 is 0 Å². The van der Waals surface area contributed by atoms with E-state index in [0.717, 1.165) is 25.6 Å². The summed E-state index contributed by atoms with van der Waals surface area (Å²) in [7, 11) is 0. The molecule has 18 heavy (non-hydrogen) atoms. The Morgan fingerprint density at radius 3 is 2.89 bits per heavy atom. The molecule has 0 amide bonds. The van der Waals surface area contributed by atoms with Crippen LogP contribution in [0.25, 0.3) is 0 Å². The highest BCUT2D eigenvalue weighted by atomic mass is 15.1. The highest BCUT2D eigenvalue weighted by Gasteiger charge is 2.21. The van der Waals surface area contributed by atoms with Crippen molar-refractivity contribution in [2.75, 3.05) is 38.0 Å². The number of fused-ring (bicyclic) bond motifs is 1. The standard InChI is InChI=1S/C15H23N3/c16-6-10-18-8-4-12(5-9-18)13-1-2-15-14(11-13)3-7-17-15/h1-2,11-12,17H,3-10,16H2. The lowest BCUT2D eigenvalue weighted by Gasteiger charge is -2.32. The largest absolute Gasteiger partial charge is 0.384 e. The Hall–Kier alpha value is -1.06. The fourth-order valence-electron chi connectivity index (χ4n) is 3.25. The van der Waals surface area contributed by atoms with Gasteiger partial charge in [0.05, 0.1) is 0 Å². The van der Waals surface area contributed by atoms with Gasteiger partial charge in [0.15, 0.2) is 0 Å². The Morgan fingerprint density at radius 2 is 2.11 bits per heavy atom. The molecule has 1 aromatic carbocycles. The summed E-state index contributed by atoms with van der Waals surface area (Å²) in [6, 6.07) is 7.02. The number of rotatable bonds is 3. The maximum Gasteiger partial charge on any atom is 0.0373 e. The third kappa shape index (κ3) is 2.38. The molecule has 3 N–H and O–H groups in total. The second-order valence-corrected chi connectivity index (χ2v) is 5.50. The summed E-state index contributed by atoms with van der Waals surface area (Å²) in [5, 5.41) is 3.43. The summed E-state index contributed by atoms with van der Waals surface area (Å²) >= 11 is 0. The van der Waals surface area contributed by atoms with Crippen molar-refractivity contribution >= 4 is 5.69 Å². The van der Waals surface area contributed by atoms with Crippen LogP contribution < -0.4 is 11.1 Å². The number of nitrogens with zero attached hydrogens (tertiary/aromatic N) is 1. The molecule has 3 heteroatoms. The fourth-order valence-corrected chi connectivity index (χ4v) is 3.25. The highest BCUT2D eigenvalue weighted by Crippen LogP contribution is 2.32. The Kier molecular flexibility index (Phi) is 3.52. The van der Waals surface area contributed by atoms with Crippen molar-refractivity contribution in [2.24, 2.45) is 5.73 Å². The maximum absolute atomic E-state index is 5.62. The van der Waals surface area contributed by atoms with Crippen LogP contribution in [0.2, 0.25) is 0 Å². The molecule has 2 heterocycles. The molecule has 0 aromatic heterocycles. The minimum absolute atomic E-state index is 0.755. The lowest BCUT2D eigenvalue weighted by Crippen LogP contribution is -2.36. The summed E-state index contributed by atoms with van der Waals surface area (Å²) in [6.07, 6.45) is 3.76. The van der Waals surface area contributed by atoms with Crippen molar-refractivity contribution < 1.29 is 0 Å². The minimum atomic E-state index is 0.755. The average molecular weight is 245 g/mol. The van der Waals surface area contributed by atoms with E-state index in [-0.39, 0.29) is 0 Å². The molecule has 0 unspecified atom stereocenters. The van der Waals surface area contributed by atoms with Gasteiger partial charge < -0.3 is 16.0 Å². The Morgan fingerprint density at radius 1 is 1.28 bits per heavy atom. The van der Waals surface area contributed by atoms with Crippen molar-refractivity contribution in [3.05, 3.63) is 29.3 Å². The van der Waals surface area contributed by atoms with Gasteiger partial charge in [-0.15, -0.1) is 0 Å². The predicted octanol–water partition coefficient (Wildman–Crippen LogP) is 1.79. The van der Waals surface area contributed by atoms with Gasteiger partial charge in [0.2, 0.25) is 0 Å². The van der Waals surface area contributed by atoms with Gasteiger partial charge in [0, 0.05) is 25.3 Å². The fraction of sp³-hybridized carbons (Fsp3) is 0.600. The monoisotopic (exact) mass is 245 g/mol. The van der Waals surface area contributed by atoms with Crippen LogP contribution in [-0.2, 0) is 6.42 Å². The number of benzene rings is 1. The van der Waals surface area contributed by atoms with Gasteiger partial charge >= 0.3 is 0 Å². The molecule has 3 nitrogen and oxygen atoms in total. The molecule has 0 saturated carbocycles. The number of hydrogen-bond acceptors (Lipinski definition) is 3. The van der Waals surface area contributed by atoms with Crippen LogP contribution in [0.4, 0.5) is 5.69 Å². The molecule has 98 valence electrons. The van der Waals surface area contributed by atoms with Gasteiger partial charge in [-0.05, 0) is 55.5 Å². The van der Waals surface area contributed by atoms with E-state index in [9.17, 15) is 0 Å². The van der Waals surface area contributed by atoms with E-state index >= 15 is 0 Å². The summed E-state index contributed by atoms with van der Waals surface area (Å²) in [5.74, 6) is 0.755. The normalized spacial score (nSPS) is 20.7. The Labute approximate surface area is 109 Å². The zero-order valence-corrected chi connectivity index (χ0v) is 11.0.